The van der Waals surface area contributed by atoms with Gasteiger partial charge in [-0.3, -0.25) is 0 Å². The van der Waals surface area contributed by atoms with Crippen LogP contribution in [0.15, 0.2) is 0 Å². The Balaban J connectivity index is 2.34. The van der Waals surface area contributed by atoms with E-state index in [1.807, 2.05) is 20.8 Å². The Morgan fingerprint density at radius 3 is 2.13 bits per heavy atom. The quantitative estimate of drug-likeness (QED) is 0.823. The molecule has 136 valence electrons. The molecule has 1 saturated heterocycles. The van der Waals surface area contributed by atoms with E-state index in [0.29, 0.717) is 25.6 Å². The Morgan fingerprint density at radius 2 is 1.70 bits per heavy atom. The molecule has 0 radical (unpaired) electrons. The molecule has 6 nitrogen and oxygen atoms in total. The minimum Gasteiger partial charge on any atom is -0.444 e. The molecule has 0 aliphatic carbocycles. The first-order valence-corrected chi connectivity index (χ1v) is 10.1. The average Bonchev–Trinajstić information content (AvgIpc) is 2.36. The number of sulfone groups is 1. The van der Waals surface area contributed by atoms with Gasteiger partial charge in [-0.2, -0.15) is 0 Å². The molecular formula is C16H32N2O4S. The second-order valence-corrected chi connectivity index (χ2v) is 10.7. The Morgan fingerprint density at radius 1 is 1.17 bits per heavy atom. The lowest BCUT2D eigenvalue weighted by atomic mass is 9.97. The number of ether oxygens (including phenoxy) is 1. The van der Waals surface area contributed by atoms with Gasteiger partial charge in [0.2, 0.25) is 0 Å². The summed E-state index contributed by atoms with van der Waals surface area (Å²) in [6, 6.07) is 0. The molecule has 0 aromatic heterocycles. The number of carbonyl (C=O) groups excluding carboxylic acids is 1. The van der Waals surface area contributed by atoms with Crippen molar-refractivity contribution < 1.29 is 17.9 Å². The second kappa shape index (κ2) is 7.38. The maximum Gasteiger partial charge on any atom is 0.410 e. The SMILES string of the molecule is CC(C)(C)OC(=O)N1CCC(CNCC(C)(C)S(C)(=O)=O)CC1. The van der Waals surface area contributed by atoms with Gasteiger partial charge < -0.3 is 15.0 Å². The summed E-state index contributed by atoms with van der Waals surface area (Å²) in [5.41, 5.74) is -0.466. The van der Waals surface area contributed by atoms with E-state index >= 15 is 0 Å². The predicted molar refractivity (Wildman–Crippen MR) is 92.3 cm³/mol. The van der Waals surface area contributed by atoms with Crippen LogP contribution in [-0.4, -0.2) is 62.2 Å². The summed E-state index contributed by atoms with van der Waals surface area (Å²) >= 11 is 0. The van der Waals surface area contributed by atoms with Crippen LogP contribution in [0, 0.1) is 5.92 Å². The first kappa shape index (κ1) is 20.2. The molecule has 1 N–H and O–H groups in total. The molecule has 0 aromatic rings. The molecule has 0 unspecified atom stereocenters. The van der Waals surface area contributed by atoms with Gasteiger partial charge >= 0.3 is 6.09 Å². The highest BCUT2D eigenvalue weighted by atomic mass is 32.2. The smallest absolute Gasteiger partial charge is 0.410 e. The number of amides is 1. The molecule has 0 saturated carbocycles. The lowest BCUT2D eigenvalue weighted by Crippen LogP contribution is -2.46. The summed E-state index contributed by atoms with van der Waals surface area (Å²) in [5, 5.41) is 3.27. The van der Waals surface area contributed by atoms with Gasteiger partial charge in [0.15, 0.2) is 9.84 Å². The molecule has 0 aromatic carbocycles. The number of hydrogen-bond acceptors (Lipinski definition) is 5. The van der Waals surface area contributed by atoms with Crippen molar-refractivity contribution >= 4 is 15.9 Å². The Bertz CT molecular complexity index is 501. The molecule has 7 heteroatoms. The van der Waals surface area contributed by atoms with Gasteiger partial charge in [-0.25, -0.2) is 13.2 Å². The van der Waals surface area contributed by atoms with Crippen LogP contribution in [0.2, 0.25) is 0 Å². The molecule has 0 spiro atoms. The van der Waals surface area contributed by atoms with Crippen molar-refractivity contribution in [3.63, 3.8) is 0 Å². The highest BCUT2D eigenvalue weighted by molar-refractivity contribution is 7.92. The number of nitrogens with one attached hydrogen (secondary N) is 1. The van der Waals surface area contributed by atoms with E-state index in [2.05, 4.69) is 5.32 Å². The highest BCUT2D eigenvalue weighted by Crippen LogP contribution is 2.20. The van der Waals surface area contributed by atoms with E-state index in [-0.39, 0.29) is 6.09 Å². The summed E-state index contributed by atoms with van der Waals surface area (Å²) in [7, 11) is -3.07. The normalized spacial score (nSPS) is 18.1. The topological polar surface area (TPSA) is 75.7 Å². The van der Waals surface area contributed by atoms with E-state index in [1.54, 1.807) is 18.7 Å². The highest BCUT2D eigenvalue weighted by Gasteiger charge is 2.31. The van der Waals surface area contributed by atoms with Crippen LogP contribution in [0.5, 0.6) is 0 Å². The van der Waals surface area contributed by atoms with Crippen LogP contribution < -0.4 is 5.32 Å². The van der Waals surface area contributed by atoms with Crippen molar-refractivity contribution in [1.82, 2.24) is 10.2 Å². The van der Waals surface area contributed by atoms with Crippen molar-refractivity contribution in [2.24, 2.45) is 5.92 Å². The average molecular weight is 349 g/mol. The molecule has 1 fully saturated rings. The molecule has 23 heavy (non-hydrogen) atoms. The Labute approximate surface area is 140 Å². The van der Waals surface area contributed by atoms with Crippen LogP contribution in [0.1, 0.15) is 47.5 Å². The third-order valence-electron chi connectivity index (χ3n) is 4.25. The summed E-state index contributed by atoms with van der Waals surface area (Å²) in [4.78, 5) is 13.7. The third kappa shape index (κ3) is 6.67. The van der Waals surface area contributed by atoms with Crippen molar-refractivity contribution in [3.05, 3.63) is 0 Å². The maximum absolute atomic E-state index is 12.0. The van der Waals surface area contributed by atoms with Gasteiger partial charge in [0.05, 0.1) is 4.75 Å². The minimum atomic E-state index is -3.07. The number of likely N-dealkylation sites (tertiary alicyclic amines) is 1. The molecule has 1 amide bonds. The summed E-state index contributed by atoms with van der Waals surface area (Å²) in [6.07, 6.45) is 2.84. The lowest BCUT2D eigenvalue weighted by Gasteiger charge is -2.34. The van der Waals surface area contributed by atoms with Crippen LogP contribution in [0.4, 0.5) is 4.79 Å². The maximum atomic E-state index is 12.0. The van der Waals surface area contributed by atoms with Crippen molar-refractivity contribution in [3.8, 4) is 0 Å². The van der Waals surface area contributed by atoms with E-state index in [1.165, 1.54) is 6.26 Å². The zero-order valence-electron chi connectivity index (χ0n) is 15.3. The Kier molecular flexibility index (Phi) is 6.49. The van der Waals surface area contributed by atoms with Gasteiger partial charge in [-0.05, 0) is 59.9 Å². The van der Waals surface area contributed by atoms with Gasteiger partial charge in [0.25, 0.3) is 0 Å². The summed E-state index contributed by atoms with van der Waals surface area (Å²) in [5.74, 6) is 0.462. The predicted octanol–water partition coefficient (Wildman–Crippen LogP) is 2.05. The summed E-state index contributed by atoms with van der Waals surface area (Å²) in [6.45, 7) is 11.7. The zero-order valence-corrected chi connectivity index (χ0v) is 16.1. The van der Waals surface area contributed by atoms with Crippen molar-refractivity contribution in [2.75, 3.05) is 32.4 Å². The molecule has 0 bridgehead atoms. The first-order valence-electron chi connectivity index (χ1n) is 8.20. The number of hydrogen-bond donors (Lipinski definition) is 1. The van der Waals surface area contributed by atoms with Crippen LogP contribution in [-0.2, 0) is 14.6 Å². The molecular weight excluding hydrogens is 316 g/mol. The van der Waals surface area contributed by atoms with Gasteiger partial charge in [0, 0.05) is 25.9 Å². The zero-order chi connectivity index (χ0) is 17.9. The fourth-order valence-corrected chi connectivity index (χ4v) is 2.72. The molecule has 1 heterocycles. The van der Waals surface area contributed by atoms with Crippen molar-refractivity contribution in [2.45, 2.75) is 57.8 Å². The monoisotopic (exact) mass is 348 g/mol. The van der Waals surface area contributed by atoms with E-state index in [0.717, 1.165) is 19.4 Å². The second-order valence-electron chi connectivity index (χ2n) is 8.07. The van der Waals surface area contributed by atoms with E-state index < -0.39 is 20.2 Å². The third-order valence-corrected chi connectivity index (χ3v) is 6.41. The molecule has 1 aliphatic heterocycles. The molecule has 1 aliphatic rings. The number of piperidine rings is 1. The van der Waals surface area contributed by atoms with E-state index in [4.69, 9.17) is 4.74 Å². The molecule has 0 atom stereocenters. The van der Waals surface area contributed by atoms with Gasteiger partial charge in [-0.1, -0.05) is 0 Å². The lowest BCUT2D eigenvalue weighted by molar-refractivity contribution is 0.0184. The Hall–Kier alpha value is -0.820. The fraction of sp³-hybridized carbons (Fsp3) is 0.938. The standard InChI is InChI=1S/C16H32N2O4S/c1-15(2,3)22-14(19)18-9-7-13(8-10-18)11-17-12-16(4,5)23(6,20)21/h13,17H,7-12H2,1-6H3. The van der Waals surface area contributed by atoms with Crippen LogP contribution >= 0.6 is 0 Å². The van der Waals surface area contributed by atoms with Gasteiger partial charge in [0.1, 0.15) is 5.60 Å². The van der Waals surface area contributed by atoms with Crippen molar-refractivity contribution in [1.29, 1.82) is 0 Å². The number of nitrogens with zero attached hydrogens (tertiary/aromatic N) is 1. The number of carbonyl (C=O) groups is 1. The minimum absolute atomic E-state index is 0.248. The first-order chi connectivity index (χ1) is 10.3. The van der Waals surface area contributed by atoms with E-state index in [9.17, 15) is 13.2 Å². The summed E-state index contributed by atoms with van der Waals surface area (Å²) < 4.78 is 28.0. The van der Waals surface area contributed by atoms with Crippen LogP contribution in [0.3, 0.4) is 0 Å². The fourth-order valence-electron chi connectivity index (χ4n) is 2.35. The van der Waals surface area contributed by atoms with Crippen LogP contribution in [0.25, 0.3) is 0 Å². The van der Waals surface area contributed by atoms with Gasteiger partial charge in [-0.15, -0.1) is 0 Å². The largest absolute Gasteiger partial charge is 0.444 e. The number of rotatable bonds is 5. The molecule has 1 rings (SSSR count).